The molecule has 2 bridgehead atoms. The molecule has 8 nitrogen and oxygen atoms in total. The minimum atomic E-state index is -0.502. The number of aromatic nitrogens is 5. The number of fused-ring (bicyclic) bond motifs is 3. The molecule has 1 aromatic carbocycles. The fourth-order valence-electron chi connectivity index (χ4n) is 5.64. The third kappa shape index (κ3) is 4.11. The lowest BCUT2D eigenvalue weighted by Gasteiger charge is -2.38. The topological polar surface area (TPSA) is 81.0 Å². The lowest BCUT2D eigenvalue weighted by Crippen LogP contribution is -2.48. The van der Waals surface area contributed by atoms with Crippen molar-refractivity contribution in [3.05, 3.63) is 58.5 Å². The van der Waals surface area contributed by atoms with Crippen molar-refractivity contribution < 1.29 is 9.13 Å². The Morgan fingerprint density at radius 2 is 1.94 bits per heavy atom. The van der Waals surface area contributed by atoms with Gasteiger partial charge in [0.05, 0.1) is 0 Å². The van der Waals surface area contributed by atoms with E-state index in [-0.39, 0.29) is 5.82 Å². The summed E-state index contributed by atoms with van der Waals surface area (Å²) in [4.78, 5) is 15.9. The van der Waals surface area contributed by atoms with Crippen LogP contribution in [0.3, 0.4) is 0 Å². The second kappa shape index (κ2) is 8.78. The standard InChI is InChI=1S/C24H27ClFN7O/c1-14-7-20(28-13-27-14)32-11-15-3-4-16(12-32)21(15)29-24-30-23-22(34-6-2-5-33(23)31-24)17-8-18(25)10-19(26)9-17/h7-10,13,15-16,21-22H,2-6,11-12H2,1H3,(H,29,31)/t15-,16+,21-,22-/m1/s1. The molecule has 4 heterocycles. The Bertz CT molecular complexity index is 1170. The largest absolute Gasteiger partial charge is 0.365 e. The first kappa shape index (κ1) is 21.7. The molecule has 3 aromatic rings. The molecule has 2 fully saturated rings. The van der Waals surface area contributed by atoms with Gasteiger partial charge in [-0.1, -0.05) is 11.6 Å². The zero-order valence-corrected chi connectivity index (χ0v) is 19.7. The van der Waals surface area contributed by atoms with Crippen molar-refractivity contribution in [3.8, 4) is 0 Å². The first-order valence-electron chi connectivity index (χ1n) is 11.9. The van der Waals surface area contributed by atoms with Gasteiger partial charge in [0.2, 0.25) is 5.95 Å². The van der Waals surface area contributed by atoms with Crippen molar-refractivity contribution >= 4 is 23.4 Å². The Morgan fingerprint density at radius 3 is 2.71 bits per heavy atom. The van der Waals surface area contributed by atoms with Crippen LogP contribution in [0.1, 0.15) is 42.4 Å². The Hall–Kier alpha value is -2.78. The van der Waals surface area contributed by atoms with Gasteiger partial charge in [0.25, 0.3) is 0 Å². The van der Waals surface area contributed by atoms with Crippen LogP contribution in [0.5, 0.6) is 0 Å². The van der Waals surface area contributed by atoms with E-state index in [1.165, 1.54) is 25.0 Å². The summed E-state index contributed by atoms with van der Waals surface area (Å²) in [6, 6.07) is 6.86. The SMILES string of the molecule is Cc1cc(N2C[C@H]3CC[C@@H](C2)[C@@H]3Nc2nc3n(n2)CCCO[C@@H]3c2cc(F)cc(Cl)c2)ncn1. The minimum Gasteiger partial charge on any atom is -0.365 e. The van der Waals surface area contributed by atoms with E-state index < -0.39 is 6.10 Å². The number of hydrogen-bond acceptors (Lipinski definition) is 7. The maximum atomic E-state index is 14.0. The van der Waals surface area contributed by atoms with Crippen LogP contribution in [0, 0.1) is 24.6 Å². The van der Waals surface area contributed by atoms with E-state index in [0.717, 1.165) is 31.0 Å². The summed E-state index contributed by atoms with van der Waals surface area (Å²) in [5, 5.41) is 8.75. The molecule has 0 unspecified atom stereocenters. The van der Waals surface area contributed by atoms with E-state index in [0.29, 0.717) is 53.4 Å². The summed E-state index contributed by atoms with van der Waals surface area (Å²) in [6.45, 7) is 5.16. The molecule has 178 valence electrons. The van der Waals surface area contributed by atoms with Crippen molar-refractivity contribution in [3.63, 3.8) is 0 Å². The second-order valence-electron chi connectivity index (χ2n) is 9.51. The molecule has 2 aromatic heterocycles. The smallest absolute Gasteiger partial charge is 0.242 e. The van der Waals surface area contributed by atoms with Crippen LogP contribution in [-0.4, -0.2) is 50.5 Å². The molecule has 10 heteroatoms. The van der Waals surface area contributed by atoms with Crippen molar-refractivity contribution in [2.75, 3.05) is 29.9 Å². The van der Waals surface area contributed by atoms with Gasteiger partial charge in [0.15, 0.2) is 5.82 Å². The number of rotatable bonds is 4. The van der Waals surface area contributed by atoms with Gasteiger partial charge < -0.3 is 15.0 Å². The summed E-state index contributed by atoms with van der Waals surface area (Å²) >= 11 is 6.11. The average molecular weight is 484 g/mol. The molecule has 0 spiro atoms. The van der Waals surface area contributed by atoms with Crippen LogP contribution in [0.2, 0.25) is 5.02 Å². The monoisotopic (exact) mass is 483 g/mol. The number of nitrogens with one attached hydrogen (secondary N) is 1. The molecule has 1 aliphatic carbocycles. The highest BCUT2D eigenvalue weighted by Crippen LogP contribution is 2.40. The zero-order valence-electron chi connectivity index (χ0n) is 19.0. The average Bonchev–Trinajstić information content (AvgIpc) is 3.20. The number of aryl methyl sites for hydroxylation is 2. The first-order chi connectivity index (χ1) is 16.5. The van der Waals surface area contributed by atoms with Crippen LogP contribution in [0.25, 0.3) is 0 Å². The number of halogens is 2. The number of hydrogen-bond donors (Lipinski definition) is 1. The predicted octanol–water partition coefficient (Wildman–Crippen LogP) is 4.01. The van der Waals surface area contributed by atoms with E-state index in [1.54, 1.807) is 12.4 Å². The minimum absolute atomic E-state index is 0.314. The summed E-state index contributed by atoms with van der Waals surface area (Å²) in [5.74, 6) is 2.90. The number of nitrogens with zero attached hydrogens (tertiary/aromatic N) is 6. The van der Waals surface area contributed by atoms with E-state index in [9.17, 15) is 4.39 Å². The van der Waals surface area contributed by atoms with Crippen LogP contribution < -0.4 is 10.2 Å². The Kier molecular flexibility index (Phi) is 5.61. The molecule has 1 saturated heterocycles. The number of piperidine rings is 1. The number of ether oxygens (including phenoxy) is 1. The zero-order chi connectivity index (χ0) is 23.2. The van der Waals surface area contributed by atoms with Crippen molar-refractivity contribution in [2.45, 2.75) is 44.9 Å². The third-order valence-electron chi connectivity index (χ3n) is 7.16. The molecule has 1 saturated carbocycles. The van der Waals surface area contributed by atoms with Gasteiger partial charge in [-0.05, 0) is 61.8 Å². The van der Waals surface area contributed by atoms with Gasteiger partial charge in [-0.15, -0.1) is 5.10 Å². The summed E-state index contributed by atoms with van der Waals surface area (Å²) in [6.07, 6.45) is 4.30. The maximum Gasteiger partial charge on any atom is 0.242 e. The van der Waals surface area contributed by atoms with Gasteiger partial charge in [-0.2, -0.15) is 4.98 Å². The molecule has 3 aliphatic rings. The molecule has 0 radical (unpaired) electrons. The van der Waals surface area contributed by atoms with Gasteiger partial charge in [-0.25, -0.2) is 19.0 Å². The highest BCUT2D eigenvalue weighted by atomic mass is 35.5. The number of benzene rings is 1. The lowest BCUT2D eigenvalue weighted by atomic mass is 9.92. The maximum absolute atomic E-state index is 14.0. The molecular weight excluding hydrogens is 457 g/mol. The normalized spacial score (nSPS) is 26.3. The Morgan fingerprint density at radius 1 is 1.12 bits per heavy atom. The molecule has 0 amide bonds. The molecule has 6 rings (SSSR count). The van der Waals surface area contributed by atoms with Gasteiger partial charge in [-0.3, -0.25) is 0 Å². The fraction of sp³-hybridized carbons (Fsp3) is 0.500. The Balaban J connectivity index is 1.22. The Labute approximate surface area is 202 Å². The van der Waals surface area contributed by atoms with Crippen molar-refractivity contribution in [1.29, 1.82) is 0 Å². The van der Waals surface area contributed by atoms with Crippen LogP contribution >= 0.6 is 11.6 Å². The van der Waals surface area contributed by atoms with Crippen molar-refractivity contribution in [2.24, 2.45) is 11.8 Å². The summed E-state index contributed by atoms with van der Waals surface area (Å²) in [5.41, 5.74) is 1.64. The van der Waals surface area contributed by atoms with E-state index >= 15 is 0 Å². The van der Waals surface area contributed by atoms with Crippen LogP contribution in [0.15, 0.2) is 30.6 Å². The van der Waals surface area contributed by atoms with E-state index in [1.807, 2.05) is 11.6 Å². The molecule has 4 atom stereocenters. The van der Waals surface area contributed by atoms with Gasteiger partial charge in [0, 0.05) is 49.1 Å². The fourth-order valence-corrected chi connectivity index (χ4v) is 5.87. The van der Waals surface area contributed by atoms with Gasteiger partial charge in [0.1, 0.15) is 24.1 Å². The molecular formula is C24H27ClFN7O. The summed E-state index contributed by atoms with van der Waals surface area (Å²) < 4.78 is 22.0. The highest BCUT2D eigenvalue weighted by Gasteiger charge is 2.43. The van der Waals surface area contributed by atoms with Crippen LogP contribution in [0.4, 0.5) is 16.2 Å². The van der Waals surface area contributed by atoms with Crippen molar-refractivity contribution in [1.82, 2.24) is 24.7 Å². The highest BCUT2D eigenvalue weighted by molar-refractivity contribution is 6.30. The number of anilines is 2. The predicted molar refractivity (Wildman–Crippen MR) is 126 cm³/mol. The summed E-state index contributed by atoms with van der Waals surface area (Å²) in [7, 11) is 0. The molecule has 2 aliphatic heterocycles. The van der Waals surface area contributed by atoms with Crippen LogP contribution in [-0.2, 0) is 11.3 Å². The first-order valence-corrected chi connectivity index (χ1v) is 12.2. The van der Waals surface area contributed by atoms with E-state index in [2.05, 4.69) is 26.3 Å². The van der Waals surface area contributed by atoms with E-state index in [4.69, 9.17) is 26.4 Å². The quantitative estimate of drug-likeness (QED) is 0.600. The lowest BCUT2D eigenvalue weighted by molar-refractivity contribution is 0.0810. The second-order valence-corrected chi connectivity index (χ2v) is 9.95. The van der Waals surface area contributed by atoms with Gasteiger partial charge >= 0.3 is 0 Å². The molecule has 34 heavy (non-hydrogen) atoms. The third-order valence-corrected chi connectivity index (χ3v) is 7.38. The molecule has 1 N–H and O–H groups in total.